The standard InChI is InChI=1S/C17H25ClN4O.HI/c1-4-9-20-17(19-5-2)21-14-8-10-22(12-14)15-11-13(18)6-7-16(15)23-3;/h4,6-7,11,14H,1,5,8-10,12H2,2-3H3,(H2,19,20,21);1H. The summed E-state index contributed by atoms with van der Waals surface area (Å²) in [6.45, 7) is 9.04. The Balaban J connectivity index is 0.00000288. The number of rotatable bonds is 6. The summed E-state index contributed by atoms with van der Waals surface area (Å²) in [4.78, 5) is 6.74. The maximum absolute atomic E-state index is 6.14. The molecule has 2 N–H and O–H groups in total. The summed E-state index contributed by atoms with van der Waals surface area (Å²) < 4.78 is 5.45. The molecule has 1 heterocycles. The van der Waals surface area contributed by atoms with Crippen LogP contribution in [0.5, 0.6) is 5.75 Å². The molecule has 0 amide bonds. The number of ether oxygens (including phenoxy) is 1. The van der Waals surface area contributed by atoms with Crippen molar-refractivity contribution in [3.8, 4) is 5.75 Å². The second kappa shape index (κ2) is 10.7. The zero-order valence-corrected chi connectivity index (χ0v) is 17.3. The summed E-state index contributed by atoms with van der Waals surface area (Å²) in [5.41, 5.74) is 1.04. The van der Waals surface area contributed by atoms with Gasteiger partial charge in [0.05, 0.1) is 19.3 Å². The fraction of sp³-hybridized carbons (Fsp3) is 0.471. The van der Waals surface area contributed by atoms with Crippen molar-refractivity contribution in [2.24, 2.45) is 4.99 Å². The first kappa shape index (κ1) is 20.9. The van der Waals surface area contributed by atoms with Crippen molar-refractivity contribution in [1.82, 2.24) is 10.6 Å². The van der Waals surface area contributed by atoms with Crippen LogP contribution in [0, 0.1) is 0 Å². The second-order valence-electron chi connectivity index (χ2n) is 5.40. The van der Waals surface area contributed by atoms with Gasteiger partial charge in [-0.3, -0.25) is 0 Å². The van der Waals surface area contributed by atoms with Crippen molar-refractivity contribution >= 4 is 47.2 Å². The fourth-order valence-electron chi connectivity index (χ4n) is 2.68. The molecule has 5 nitrogen and oxygen atoms in total. The van der Waals surface area contributed by atoms with Crippen molar-refractivity contribution in [2.75, 3.05) is 38.2 Å². The molecule has 0 spiro atoms. The number of nitrogens with zero attached hydrogens (tertiary/aromatic N) is 2. The van der Waals surface area contributed by atoms with Crippen LogP contribution in [0.2, 0.25) is 5.02 Å². The van der Waals surface area contributed by atoms with Gasteiger partial charge in [-0.2, -0.15) is 0 Å². The molecule has 1 aromatic rings. The molecule has 1 aromatic carbocycles. The lowest BCUT2D eigenvalue weighted by atomic mass is 10.2. The molecule has 7 heteroatoms. The van der Waals surface area contributed by atoms with Crippen LogP contribution in [0.3, 0.4) is 0 Å². The summed E-state index contributed by atoms with van der Waals surface area (Å²) in [6.07, 6.45) is 2.82. The Morgan fingerprint density at radius 2 is 2.33 bits per heavy atom. The number of methoxy groups -OCH3 is 1. The maximum atomic E-state index is 6.14. The summed E-state index contributed by atoms with van der Waals surface area (Å²) in [7, 11) is 1.68. The van der Waals surface area contributed by atoms with Gasteiger partial charge < -0.3 is 20.3 Å². The number of anilines is 1. The van der Waals surface area contributed by atoms with Crippen LogP contribution in [0.15, 0.2) is 35.8 Å². The predicted octanol–water partition coefficient (Wildman–Crippen LogP) is 3.29. The molecule has 134 valence electrons. The number of benzene rings is 1. The lowest BCUT2D eigenvalue weighted by Crippen LogP contribution is -2.44. The van der Waals surface area contributed by atoms with Gasteiger partial charge in [-0.15, -0.1) is 30.6 Å². The van der Waals surface area contributed by atoms with Crippen LogP contribution in [0.25, 0.3) is 0 Å². The van der Waals surface area contributed by atoms with E-state index in [4.69, 9.17) is 16.3 Å². The zero-order valence-electron chi connectivity index (χ0n) is 14.2. The average molecular weight is 465 g/mol. The maximum Gasteiger partial charge on any atom is 0.191 e. The van der Waals surface area contributed by atoms with E-state index in [1.54, 1.807) is 13.2 Å². The summed E-state index contributed by atoms with van der Waals surface area (Å²) in [5, 5.41) is 7.46. The number of guanidine groups is 1. The van der Waals surface area contributed by atoms with Crippen LogP contribution in [0.4, 0.5) is 5.69 Å². The van der Waals surface area contributed by atoms with Gasteiger partial charge in [0.1, 0.15) is 5.75 Å². The largest absolute Gasteiger partial charge is 0.495 e. The highest BCUT2D eigenvalue weighted by Gasteiger charge is 2.25. The van der Waals surface area contributed by atoms with E-state index >= 15 is 0 Å². The Morgan fingerprint density at radius 3 is 3.00 bits per heavy atom. The molecule has 2 rings (SSSR count). The highest BCUT2D eigenvalue weighted by molar-refractivity contribution is 14.0. The smallest absolute Gasteiger partial charge is 0.191 e. The van der Waals surface area contributed by atoms with E-state index in [0.717, 1.165) is 48.5 Å². The van der Waals surface area contributed by atoms with Gasteiger partial charge in [0, 0.05) is 30.7 Å². The molecule has 1 saturated heterocycles. The first-order valence-corrected chi connectivity index (χ1v) is 8.30. The molecule has 0 aliphatic carbocycles. The van der Waals surface area contributed by atoms with E-state index in [1.807, 2.05) is 18.2 Å². The Hall–Kier alpha value is -1.15. The van der Waals surface area contributed by atoms with Gasteiger partial charge in [0.2, 0.25) is 0 Å². The predicted molar refractivity (Wildman–Crippen MR) is 113 cm³/mol. The number of aliphatic imine (C=N–C) groups is 1. The lowest BCUT2D eigenvalue weighted by molar-refractivity contribution is 0.415. The van der Waals surface area contributed by atoms with Gasteiger partial charge >= 0.3 is 0 Å². The molecule has 0 bridgehead atoms. The fourth-order valence-corrected chi connectivity index (χ4v) is 2.84. The van der Waals surface area contributed by atoms with Gasteiger partial charge in [-0.05, 0) is 31.5 Å². The Morgan fingerprint density at radius 1 is 1.54 bits per heavy atom. The highest BCUT2D eigenvalue weighted by Crippen LogP contribution is 2.33. The monoisotopic (exact) mass is 464 g/mol. The molecule has 1 atom stereocenters. The van der Waals surface area contributed by atoms with Gasteiger partial charge in [-0.25, -0.2) is 4.99 Å². The van der Waals surface area contributed by atoms with Crippen LogP contribution in [-0.2, 0) is 0 Å². The minimum absolute atomic E-state index is 0. The van der Waals surface area contributed by atoms with E-state index in [0.29, 0.717) is 12.6 Å². The minimum atomic E-state index is 0. The second-order valence-corrected chi connectivity index (χ2v) is 5.84. The summed E-state index contributed by atoms with van der Waals surface area (Å²) in [5.74, 6) is 1.68. The SMILES string of the molecule is C=CCN=C(NCC)NC1CCN(c2cc(Cl)ccc2OC)C1.I. The van der Waals surface area contributed by atoms with E-state index in [9.17, 15) is 0 Å². The lowest BCUT2D eigenvalue weighted by Gasteiger charge is -2.22. The van der Waals surface area contributed by atoms with E-state index < -0.39 is 0 Å². The summed E-state index contributed by atoms with van der Waals surface area (Å²) >= 11 is 6.14. The van der Waals surface area contributed by atoms with Gasteiger partial charge in [-0.1, -0.05) is 17.7 Å². The molecule has 1 aliphatic heterocycles. The molecule has 0 aromatic heterocycles. The van der Waals surface area contributed by atoms with Crippen LogP contribution in [-0.4, -0.2) is 45.3 Å². The first-order chi connectivity index (χ1) is 11.2. The van der Waals surface area contributed by atoms with Crippen molar-refractivity contribution in [1.29, 1.82) is 0 Å². The Labute approximate surface area is 166 Å². The third-order valence-electron chi connectivity index (χ3n) is 3.73. The topological polar surface area (TPSA) is 48.9 Å². The Bertz CT molecular complexity index is 568. The molecular formula is C17H26ClIN4O. The molecular weight excluding hydrogens is 439 g/mol. The first-order valence-electron chi connectivity index (χ1n) is 7.92. The van der Waals surface area contributed by atoms with E-state index in [2.05, 4.69) is 34.0 Å². The molecule has 1 fully saturated rings. The third-order valence-corrected chi connectivity index (χ3v) is 3.97. The highest BCUT2D eigenvalue weighted by atomic mass is 127. The number of hydrogen-bond donors (Lipinski definition) is 2. The number of nitrogens with one attached hydrogen (secondary N) is 2. The van der Waals surface area contributed by atoms with Gasteiger partial charge in [0.15, 0.2) is 5.96 Å². The zero-order chi connectivity index (χ0) is 16.7. The van der Waals surface area contributed by atoms with E-state index in [1.165, 1.54) is 0 Å². The van der Waals surface area contributed by atoms with Crippen molar-refractivity contribution in [3.05, 3.63) is 35.9 Å². The number of halogens is 2. The quantitative estimate of drug-likeness (QED) is 0.294. The normalized spacial score (nSPS) is 17.2. The van der Waals surface area contributed by atoms with Crippen molar-refractivity contribution in [2.45, 2.75) is 19.4 Å². The van der Waals surface area contributed by atoms with Crippen molar-refractivity contribution in [3.63, 3.8) is 0 Å². The molecule has 1 aliphatic rings. The Kier molecular flexibility index (Phi) is 9.28. The molecule has 1 unspecified atom stereocenters. The van der Waals surface area contributed by atoms with E-state index in [-0.39, 0.29) is 24.0 Å². The van der Waals surface area contributed by atoms with Crippen LogP contribution >= 0.6 is 35.6 Å². The number of hydrogen-bond acceptors (Lipinski definition) is 3. The van der Waals surface area contributed by atoms with Crippen LogP contribution < -0.4 is 20.3 Å². The van der Waals surface area contributed by atoms with Crippen molar-refractivity contribution < 1.29 is 4.74 Å². The van der Waals surface area contributed by atoms with Crippen LogP contribution in [0.1, 0.15) is 13.3 Å². The molecule has 24 heavy (non-hydrogen) atoms. The molecule has 0 radical (unpaired) electrons. The average Bonchev–Trinajstić information content (AvgIpc) is 3.01. The third kappa shape index (κ3) is 5.73. The molecule has 0 saturated carbocycles. The minimum Gasteiger partial charge on any atom is -0.495 e. The summed E-state index contributed by atoms with van der Waals surface area (Å²) in [6, 6.07) is 6.05. The van der Waals surface area contributed by atoms with Gasteiger partial charge in [0.25, 0.3) is 0 Å².